The van der Waals surface area contributed by atoms with E-state index in [4.69, 9.17) is 14.2 Å². The molecular weight excluding hydrogens is 324 g/mol. The predicted octanol–water partition coefficient (Wildman–Crippen LogP) is 1.09. The van der Waals surface area contributed by atoms with Crippen LogP contribution in [0.4, 0.5) is 17.5 Å². The fourth-order valence-electron chi connectivity index (χ4n) is 2.71. The van der Waals surface area contributed by atoms with Crippen LogP contribution in [0.1, 0.15) is 0 Å². The van der Waals surface area contributed by atoms with Crippen molar-refractivity contribution in [2.45, 2.75) is 0 Å². The summed E-state index contributed by atoms with van der Waals surface area (Å²) in [5, 5.41) is 14.4. The van der Waals surface area contributed by atoms with Gasteiger partial charge in [-0.3, -0.25) is 4.90 Å². The van der Waals surface area contributed by atoms with Gasteiger partial charge in [0, 0.05) is 37.9 Å². The van der Waals surface area contributed by atoms with E-state index in [9.17, 15) is 0 Å². The van der Waals surface area contributed by atoms with Crippen molar-refractivity contribution in [3.05, 3.63) is 24.4 Å². The summed E-state index contributed by atoms with van der Waals surface area (Å²) in [6.45, 7) is 5.46. The van der Waals surface area contributed by atoms with Gasteiger partial charge in [-0.15, -0.1) is 5.10 Å². The van der Waals surface area contributed by atoms with E-state index in [2.05, 4.69) is 30.7 Å². The number of ether oxygens (including phenoxy) is 3. The molecule has 1 fully saturated rings. The molecular formula is C16H20N6O3. The minimum atomic E-state index is 0.255. The Bertz CT molecular complexity index is 723. The van der Waals surface area contributed by atoms with Crippen LogP contribution in [0.3, 0.4) is 0 Å². The van der Waals surface area contributed by atoms with Gasteiger partial charge in [-0.05, 0) is 12.1 Å². The van der Waals surface area contributed by atoms with E-state index in [-0.39, 0.29) is 6.79 Å². The zero-order chi connectivity index (χ0) is 16.9. The van der Waals surface area contributed by atoms with Crippen LogP contribution in [-0.2, 0) is 4.74 Å². The van der Waals surface area contributed by atoms with Crippen LogP contribution in [0, 0.1) is 0 Å². The second-order valence-electron chi connectivity index (χ2n) is 5.74. The van der Waals surface area contributed by atoms with Gasteiger partial charge >= 0.3 is 0 Å². The minimum Gasteiger partial charge on any atom is -0.454 e. The number of nitrogens with one attached hydrogen (secondary N) is 2. The number of hydrogen-bond donors (Lipinski definition) is 2. The molecule has 0 bridgehead atoms. The molecule has 0 saturated carbocycles. The number of morpholine rings is 1. The molecule has 25 heavy (non-hydrogen) atoms. The van der Waals surface area contributed by atoms with Crippen LogP contribution in [-0.4, -0.2) is 66.3 Å². The van der Waals surface area contributed by atoms with E-state index < -0.39 is 0 Å². The number of hydrogen-bond acceptors (Lipinski definition) is 9. The summed E-state index contributed by atoms with van der Waals surface area (Å²) in [6.07, 6.45) is 1.58. The van der Waals surface area contributed by atoms with Crippen molar-refractivity contribution in [3.8, 4) is 11.5 Å². The Kier molecular flexibility index (Phi) is 4.75. The van der Waals surface area contributed by atoms with Gasteiger partial charge in [0.15, 0.2) is 17.3 Å². The molecule has 3 heterocycles. The maximum atomic E-state index is 5.37. The quantitative estimate of drug-likeness (QED) is 0.798. The fraction of sp³-hybridized carbons (Fsp3) is 0.438. The summed E-state index contributed by atoms with van der Waals surface area (Å²) < 4.78 is 16.0. The van der Waals surface area contributed by atoms with Crippen molar-refractivity contribution in [1.82, 2.24) is 20.1 Å². The molecule has 0 aliphatic carbocycles. The third-order valence-electron chi connectivity index (χ3n) is 4.02. The highest BCUT2D eigenvalue weighted by Gasteiger charge is 2.14. The summed E-state index contributed by atoms with van der Waals surface area (Å²) in [6, 6.07) is 5.64. The highest BCUT2D eigenvalue weighted by molar-refractivity contribution is 5.61. The summed E-state index contributed by atoms with van der Waals surface area (Å²) in [5.74, 6) is 2.58. The Labute approximate surface area is 145 Å². The molecule has 1 saturated heterocycles. The van der Waals surface area contributed by atoms with Crippen molar-refractivity contribution < 1.29 is 14.2 Å². The Hall–Kier alpha value is -2.65. The number of benzene rings is 1. The Balaban J connectivity index is 1.33. The lowest BCUT2D eigenvalue weighted by Crippen LogP contribution is -2.39. The molecule has 0 amide bonds. The lowest BCUT2D eigenvalue weighted by atomic mass is 10.3. The van der Waals surface area contributed by atoms with Gasteiger partial charge in [-0.25, -0.2) is 0 Å². The van der Waals surface area contributed by atoms with Gasteiger partial charge in [-0.1, -0.05) is 0 Å². The van der Waals surface area contributed by atoms with Crippen LogP contribution in [0.2, 0.25) is 0 Å². The Morgan fingerprint density at radius 3 is 2.92 bits per heavy atom. The van der Waals surface area contributed by atoms with Crippen molar-refractivity contribution in [2.75, 3.05) is 56.8 Å². The minimum absolute atomic E-state index is 0.255. The summed E-state index contributed by atoms with van der Waals surface area (Å²) in [4.78, 5) is 6.78. The molecule has 2 aromatic rings. The Morgan fingerprint density at radius 1 is 1.12 bits per heavy atom. The van der Waals surface area contributed by atoms with Gasteiger partial charge in [0.1, 0.15) is 0 Å². The smallest absolute Gasteiger partial charge is 0.244 e. The topological polar surface area (TPSA) is 93.7 Å². The van der Waals surface area contributed by atoms with E-state index in [1.165, 1.54) is 0 Å². The molecule has 132 valence electrons. The third-order valence-corrected chi connectivity index (χ3v) is 4.02. The number of aromatic nitrogens is 3. The number of nitrogens with zero attached hydrogens (tertiary/aromatic N) is 4. The highest BCUT2D eigenvalue weighted by Crippen LogP contribution is 2.34. The zero-order valence-electron chi connectivity index (χ0n) is 13.8. The normalized spacial score (nSPS) is 16.6. The van der Waals surface area contributed by atoms with Gasteiger partial charge in [-0.2, -0.15) is 10.1 Å². The third kappa shape index (κ3) is 4.06. The van der Waals surface area contributed by atoms with Crippen molar-refractivity contribution in [1.29, 1.82) is 0 Å². The standard InChI is InChI=1S/C16H20N6O3/c1-2-13-14(25-11-24-13)9-12(1)19-15-10-18-21-16(20-15)17-3-4-22-5-7-23-8-6-22/h1-2,9-10H,3-8,11H2,(H2,17,19,20,21). The molecule has 2 N–H and O–H groups in total. The molecule has 2 aliphatic heterocycles. The van der Waals surface area contributed by atoms with Crippen molar-refractivity contribution in [3.63, 3.8) is 0 Å². The van der Waals surface area contributed by atoms with E-state index in [0.717, 1.165) is 56.6 Å². The molecule has 0 radical (unpaired) electrons. The number of rotatable bonds is 6. The van der Waals surface area contributed by atoms with Crippen LogP contribution in [0.5, 0.6) is 11.5 Å². The van der Waals surface area contributed by atoms with Gasteiger partial charge in [0.25, 0.3) is 0 Å². The van der Waals surface area contributed by atoms with E-state index in [0.29, 0.717) is 11.8 Å². The number of fused-ring (bicyclic) bond motifs is 1. The highest BCUT2D eigenvalue weighted by atomic mass is 16.7. The molecule has 0 spiro atoms. The molecule has 2 aliphatic rings. The SMILES string of the molecule is c1cc2c(cc1Nc1cnnc(NCCN3CCOCC3)n1)OCO2. The Morgan fingerprint density at radius 2 is 2.00 bits per heavy atom. The van der Waals surface area contributed by atoms with Crippen LogP contribution in [0.25, 0.3) is 0 Å². The molecule has 4 rings (SSSR count). The lowest BCUT2D eigenvalue weighted by molar-refractivity contribution is 0.0398. The summed E-state index contributed by atoms with van der Waals surface area (Å²) in [5.41, 5.74) is 0.851. The number of anilines is 3. The average Bonchev–Trinajstić information content (AvgIpc) is 3.11. The van der Waals surface area contributed by atoms with E-state index in [1.54, 1.807) is 6.20 Å². The molecule has 0 unspecified atom stereocenters. The average molecular weight is 344 g/mol. The lowest BCUT2D eigenvalue weighted by Gasteiger charge is -2.26. The van der Waals surface area contributed by atoms with E-state index >= 15 is 0 Å². The fourth-order valence-corrected chi connectivity index (χ4v) is 2.71. The van der Waals surface area contributed by atoms with Crippen LogP contribution >= 0.6 is 0 Å². The van der Waals surface area contributed by atoms with Crippen molar-refractivity contribution >= 4 is 17.5 Å². The van der Waals surface area contributed by atoms with Gasteiger partial charge < -0.3 is 24.8 Å². The largest absolute Gasteiger partial charge is 0.454 e. The van der Waals surface area contributed by atoms with E-state index in [1.807, 2.05) is 18.2 Å². The summed E-state index contributed by atoms with van der Waals surface area (Å²) >= 11 is 0. The second kappa shape index (κ2) is 7.49. The van der Waals surface area contributed by atoms with Gasteiger partial charge in [0.2, 0.25) is 12.7 Å². The van der Waals surface area contributed by atoms with Crippen LogP contribution in [0.15, 0.2) is 24.4 Å². The maximum Gasteiger partial charge on any atom is 0.244 e. The second-order valence-corrected chi connectivity index (χ2v) is 5.74. The molecule has 1 aromatic heterocycles. The first-order chi connectivity index (χ1) is 12.4. The molecule has 9 nitrogen and oxygen atoms in total. The zero-order valence-corrected chi connectivity index (χ0v) is 13.8. The maximum absolute atomic E-state index is 5.37. The first-order valence-corrected chi connectivity index (χ1v) is 8.27. The molecule has 1 aromatic carbocycles. The predicted molar refractivity (Wildman–Crippen MR) is 91.4 cm³/mol. The monoisotopic (exact) mass is 344 g/mol. The molecule has 0 atom stereocenters. The first-order valence-electron chi connectivity index (χ1n) is 8.27. The van der Waals surface area contributed by atoms with Crippen molar-refractivity contribution in [2.24, 2.45) is 0 Å². The first kappa shape index (κ1) is 15.9. The van der Waals surface area contributed by atoms with Gasteiger partial charge in [0.05, 0.1) is 19.4 Å². The van der Waals surface area contributed by atoms with Crippen LogP contribution < -0.4 is 20.1 Å². The molecule has 9 heteroatoms. The summed E-state index contributed by atoms with van der Waals surface area (Å²) in [7, 11) is 0.